The molecule has 7 heteroatoms. The number of rotatable bonds is 5. The van der Waals surface area contributed by atoms with Crippen LogP contribution in [0, 0.1) is 10.1 Å². The Morgan fingerprint density at radius 2 is 1.88 bits per heavy atom. The zero-order chi connectivity index (χ0) is 16.9. The first-order chi connectivity index (χ1) is 11.6. The van der Waals surface area contributed by atoms with E-state index >= 15 is 0 Å². The monoisotopic (exact) mass is 328 g/mol. The van der Waals surface area contributed by atoms with Crippen LogP contribution in [0.5, 0.6) is 11.5 Å². The van der Waals surface area contributed by atoms with E-state index in [0.29, 0.717) is 23.7 Å². The molecule has 2 aromatic rings. The average Bonchev–Trinajstić information content (AvgIpc) is 2.60. The van der Waals surface area contributed by atoms with Crippen molar-refractivity contribution in [3.8, 4) is 11.5 Å². The smallest absolute Gasteiger partial charge is 0.273 e. The molecule has 0 saturated heterocycles. The molecule has 0 saturated carbocycles. The molecule has 1 amide bonds. The molecule has 2 aromatic carbocycles. The molecule has 1 heterocycles. The highest BCUT2D eigenvalue weighted by atomic mass is 16.6. The summed E-state index contributed by atoms with van der Waals surface area (Å²) in [6, 6.07) is 13.5. The Morgan fingerprint density at radius 1 is 1.17 bits per heavy atom. The van der Waals surface area contributed by atoms with E-state index in [1.54, 1.807) is 24.3 Å². The van der Waals surface area contributed by atoms with Gasteiger partial charge in [-0.15, -0.1) is 0 Å². The Morgan fingerprint density at radius 3 is 2.67 bits per heavy atom. The Balaban J connectivity index is 1.55. The number of hydrogen-bond acceptors (Lipinski definition) is 5. The molecule has 1 aliphatic heterocycles. The van der Waals surface area contributed by atoms with Gasteiger partial charge in [0.05, 0.1) is 17.9 Å². The van der Waals surface area contributed by atoms with Crippen molar-refractivity contribution < 1.29 is 19.2 Å². The van der Waals surface area contributed by atoms with E-state index in [-0.39, 0.29) is 30.7 Å². The maximum Gasteiger partial charge on any atom is 0.273 e. The van der Waals surface area contributed by atoms with Crippen molar-refractivity contribution in [3.63, 3.8) is 0 Å². The minimum Gasteiger partial charge on any atom is -0.486 e. The summed E-state index contributed by atoms with van der Waals surface area (Å²) in [6.07, 6.45) is -0.351. The second kappa shape index (κ2) is 6.99. The van der Waals surface area contributed by atoms with Crippen molar-refractivity contribution in [3.05, 3.63) is 64.2 Å². The molecule has 124 valence electrons. The minimum atomic E-state index is -0.488. The lowest BCUT2D eigenvalue weighted by molar-refractivity contribution is -0.385. The summed E-state index contributed by atoms with van der Waals surface area (Å²) in [5, 5.41) is 13.7. The van der Waals surface area contributed by atoms with Crippen molar-refractivity contribution in [2.75, 3.05) is 13.2 Å². The first-order valence-electron chi connectivity index (χ1n) is 7.51. The molecular formula is C17H16N2O5. The van der Waals surface area contributed by atoms with Crippen LogP contribution in [-0.2, 0) is 11.2 Å². The van der Waals surface area contributed by atoms with E-state index in [9.17, 15) is 14.9 Å². The van der Waals surface area contributed by atoms with Crippen LogP contribution in [0.3, 0.4) is 0 Å². The molecule has 1 aliphatic rings. The van der Waals surface area contributed by atoms with Crippen LogP contribution in [-0.4, -0.2) is 30.1 Å². The van der Waals surface area contributed by atoms with Gasteiger partial charge < -0.3 is 14.8 Å². The Hall–Kier alpha value is -3.09. The largest absolute Gasteiger partial charge is 0.486 e. The van der Waals surface area contributed by atoms with Gasteiger partial charge in [-0.05, 0) is 12.1 Å². The zero-order valence-electron chi connectivity index (χ0n) is 12.8. The van der Waals surface area contributed by atoms with Gasteiger partial charge in [0.1, 0.15) is 12.7 Å². The second-order valence-corrected chi connectivity index (χ2v) is 5.36. The fourth-order valence-corrected chi connectivity index (χ4v) is 2.47. The number of benzene rings is 2. The van der Waals surface area contributed by atoms with E-state index in [2.05, 4.69) is 5.32 Å². The molecule has 3 rings (SSSR count). The number of carbonyl (C=O) groups is 1. The Kier molecular flexibility index (Phi) is 4.60. The second-order valence-electron chi connectivity index (χ2n) is 5.36. The number of nitro groups is 1. The normalized spacial score (nSPS) is 15.6. The van der Waals surface area contributed by atoms with Gasteiger partial charge in [0.25, 0.3) is 5.69 Å². The molecule has 1 N–H and O–H groups in total. The highest BCUT2D eigenvalue weighted by Crippen LogP contribution is 2.30. The summed E-state index contributed by atoms with van der Waals surface area (Å²) >= 11 is 0. The van der Waals surface area contributed by atoms with Crippen LogP contribution < -0.4 is 14.8 Å². The fourth-order valence-electron chi connectivity index (χ4n) is 2.47. The van der Waals surface area contributed by atoms with Crippen LogP contribution in [0.25, 0.3) is 0 Å². The van der Waals surface area contributed by atoms with Gasteiger partial charge in [-0.3, -0.25) is 14.9 Å². The summed E-state index contributed by atoms with van der Waals surface area (Å²) in [5.74, 6) is 1.02. The third-order valence-electron chi connectivity index (χ3n) is 3.63. The number of carbonyl (C=O) groups excluding carboxylic acids is 1. The molecule has 7 nitrogen and oxygen atoms in total. The van der Waals surface area contributed by atoms with Crippen LogP contribution in [0.1, 0.15) is 5.56 Å². The van der Waals surface area contributed by atoms with Crippen molar-refractivity contribution in [1.82, 2.24) is 5.32 Å². The first kappa shape index (κ1) is 15.8. The number of nitrogens with zero attached hydrogens (tertiary/aromatic N) is 1. The van der Waals surface area contributed by atoms with Gasteiger partial charge in [-0.25, -0.2) is 0 Å². The van der Waals surface area contributed by atoms with Crippen molar-refractivity contribution in [2.24, 2.45) is 0 Å². The van der Waals surface area contributed by atoms with Gasteiger partial charge in [-0.1, -0.05) is 30.3 Å². The molecule has 1 unspecified atom stereocenters. The highest BCUT2D eigenvalue weighted by molar-refractivity contribution is 5.79. The number of amides is 1. The zero-order valence-corrected chi connectivity index (χ0v) is 12.8. The van der Waals surface area contributed by atoms with Crippen LogP contribution >= 0.6 is 0 Å². The highest BCUT2D eigenvalue weighted by Gasteiger charge is 2.22. The lowest BCUT2D eigenvalue weighted by Crippen LogP contribution is -2.41. The summed E-state index contributed by atoms with van der Waals surface area (Å²) in [6.45, 7) is 0.608. The third-order valence-corrected chi connectivity index (χ3v) is 3.63. The Labute approximate surface area is 138 Å². The summed E-state index contributed by atoms with van der Waals surface area (Å²) in [4.78, 5) is 22.5. The van der Waals surface area contributed by atoms with Gasteiger partial charge >= 0.3 is 0 Å². The van der Waals surface area contributed by atoms with Crippen molar-refractivity contribution in [1.29, 1.82) is 0 Å². The van der Waals surface area contributed by atoms with Crippen molar-refractivity contribution >= 4 is 11.6 Å². The molecular weight excluding hydrogens is 312 g/mol. The minimum absolute atomic E-state index is 0.0542. The summed E-state index contributed by atoms with van der Waals surface area (Å²) < 4.78 is 11.3. The summed E-state index contributed by atoms with van der Waals surface area (Å²) in [5.41, 5.74) is 0.324. The van der Waals surface area contributed by atoms with Crippen molar-refractivity contribution in [2.45, 2.75) is 12.5 Å². The standard InChI is InChI=1S/C17H16N2O5/c20-17(9-12-5-1-2-6-14(12)19(21)22)18-10-13-11-23-15-7-3-4-8-16(15)24-13/h1-8,13H,9-11H2,(H,18,20). The molecule has 0 radical (unpaired) electrons. The van der Waals surface area contributed by atoms with Crippen LogP contribution in [0.4, 0.5) is 5.69 Å². The predicted octanol–water partition coefficient (Wildman–Crippen LogP) is 2.09. The number of ether oxygens (including phenoxy) is 2. The Bertz CT molecular complexity index is 762. The number of para-hydroxylation sites is 3. The van der Waals surface area contributed by atoms with Crippen LogP contribution in [0.15, 0.2) is 48.5 Å². The van der Waals surface area contributed by atoms with E-state index in [1.165, 1.54) is 6.07 Å². The molecule has 0 spiro atoms. The van der Waals surface area contributed by atoms with E-state index in [4.69, 9.17) is 9.47 Å². The SMILES string of the molecule is O=C(Cc1ccccc1[N+](=O)[O-])NCC1COc2ccccc2O1. The van der Waals surface area contributed by atoms with Gasteiger partial charge in [0.15, 0.2) is 11.5 Å². The summed E-state index contributed by atoms with van der Waals surface area (Å²) in [7, 11) is 0. The average molecular weight is 328 g/mol. The molecule has 24 heavy (non-hydrogen) atoms. The molecule has 0 aromatic heterocycles. The van der Waals surface area contributed by atoms with Gasteiger partial charge in [-0.2, -0.15) is 0 Å². The van der Waals surface area contributed by atoms with E-state index in [0.717, 1.165) is 0 Å². The predicted molar refractivity (Wildman–Crippen MR) is 86.2 cm³/mol. The quantitative estimate of drug-likeness (QED) is 0.670. The molecule has 0 fully saturated rings. The number of fused-ring (bicyclic) bond motifs is 1. The van der Waals surface area contributed by atoms with E-state index < -0.39 is 4.92 Å². The van der Waals surface area contributed by atoms with Gasteiger partial charge in [0, 0.05) is 11.6 Å². The van der Waals surface area contributed by atoms with Crippen LogP contribution in [0.2, 0.25) is 0 Å². The maximum absolute atomic E-state index is 12.0. The fraction of sp³-hybridized carbons (Fsp3) is 0.235. The lowest BCUT2D eigenvalue weighted by atomic mass is 10.1. The maximum atomic E-state index is 12.0. The first-order valence-corrected chi connectivity index (χ1v) is 7.51. The lowest BCUT2D eigenvalue weighted by Gasteiger charge is -2.26. The number of nitrogens with one attached hydrogen (secondary N) is 1. The molecule has 0 bridgehead atoms. The molecule has 0 aliphatic carbocycles. The topological polar surface area (TPSA) is 90.7 Å². The number of nitro benzene ring substituents is 1. The molecule has 1 atom stereocenters. The number of hydrogen-bond donors (Lipinski definition) is 1. The third kappa shape index (κ3) is 3.62. The van der Waals surface area contributed by atoms with Gasteiger partial charge in [0.2, 0.25) is 5.91 Å². The van der Waals surface area contributed by atoms with E-state index in [1.807, 2.05) is 18.2 Å².